The number of aromatic nitrogens is 1. The zero-order valence-corrected chi connectivity index (χ0v) is 11.8. The van der Waals surface area contributed by atoms with Gasteiger partial charge in [-0.3, -0.25) is 4.79 Å². The Balaban J connectivity index is 2.35. The maximum Gasteiger partial charge on any atom is 0.167 e. The Hall–Kier alpha value is -2.62. The summed E-state index contributed by atoms with van der Waals surface area (Å²) in [6.45, 7) is 1.95. The van der Waals surface area contributed by atoms with Gasteiger partial charge in [0.1, 0.15) is 11.6 Å². The van der Waals surface area contributed by atoms with Gasteiger partial charge in [0.2, 0.25) is 0 Å². The van der Waals surface area contributed by atoms with Gasteiger partial charge in [0.05, 0.1) is 12.8 Å². The lowest BCUT2D eigenvalue weighted by Crippen LogP contribution is -1.95. The summed E-state index contributed by atoms with van der Waals surface area (Å²) in [5.74, 6) is 0.168. The van der Waals surface area contributed by atoms with E-state index >= 15 is 0 Å². The molecule has 0 saturated heterocycles. The minimum absolute atomic E-state index is 0.367. The summed E-state index contributed by atoms with van der Waals surface area (Å²) in [7, 11) is 1.53. The Morgan fingerprint density at radius 1 is 1.14 bits per heavy atom. The fourth-order valence-electron chi connectivity index (χ4n) is 2.52. The number of ether oxygens (including phenoxy) is 1. The van der Waals surface area contributed by atoms with E-state index < -0.39 is 0 Å². The first-order valence-corrected chi connectivity index (χ1v) is 6.55. The van der Waals surface area contributed by atoms with Crippen LogP contribution in [-0.4, -0.2) is 17.8 Å². The van der Waals surface area contributed by atoms with Crippen LogP contribution in [0.1, 0.15) is 16.1 Å². The maximum atomic E-state index is 13.6. The normalized spacial score (nSPS) is 10.8. The highest BCUT2D eigenvalue weighted by atomic mass is 19.1. The molecule has 0 N–H and O–H groups in total. The summed E-state index contributed by atoms with van der Waals surface area (Å²) in [5.41, 5.74) is 3.63. The molecule has 2 heterocycles. The van der Waals surface area contributed by atoms with Crippen LogP contribution >= 0.6 is 0 Å². The largest absolute Gasteiger partial charge is 0.496 e. The van der Waals surface area contributed by atoms with E-state index in [4.69, 9.17) is 4.74 Å². The molecule has 3 nitrogen and oxygen atoms in total. The van der Waals surface area contributed by atoms with Gasteiger partial charge in [0.15, 0.2) is 6.29 Å². The minimum Gasteiger partial charge on any atom is -0.496 e. The lowest BCUT2D eigenvalue weighted by molar-refractivity contribution is 0.111. The standard InChI is InChI=1S/C17H14FNO2/c1-11-3-5-13-8-14(16(10-20)19(13)9-11)15-7-12(18)4-6-17(15)21-2/h3-10H,1-2H3. The van der Waals surface area contributed by atoms with E-state index in [0.717, 1.165) is 17.4 Å². The van der Waals surface area contributed by atoms with E-state index in [1.807, 2.05) is 35.7 Å². The molecule has 21 heavy (non-hydrogen) atoms. The fraction of sp³-hybridized carbons (Fsp3) is 0.118. The van der Waals surface area contributed by atoms with Crippen molar-refractivity contribution in [1.82, 2.24) is 4.40 Å². The van der Waals surface area contributed by atoms with E-state index in [2.05, 4.69) is 0 Å². The zero-order valence-electron chi connectivity index (χ0n) is 11.8. The van der Waals surface area contributed by atoms with Crippen molar-refractivity contribution in [3.63, 3.8) is 0 Å². The van der Waals surface area contributed by atoms with Gasteiger partial charge in [-0.05, 0) is 42.8 Å². The van der Waals surface area contributed by atoms with Crippen LogP contribution in [0.5, 0.6) is 5.75 Å². The topological polar surface area (TPSA) is 30.7 Å². The van der Waals surface area contributed by atoms with Crippen LogP contribution in [-0.2, 0) is 0 Å². The van der Waals surface area contributed by atoms with Crippen molar-refractivity contribution in [2.45, 2.75) is 6.92 Å². The summed E-state index contributed by atoms with van der Waals surface area (Å²) in [5, 5.41) is 0. The van der Waals surface area contributed by atoms with Crippen molar-refractivity contribution in [1.29, 1.82) is 0 Å². The van der Waals surface area contributed by atoms with Gasteiger partial charge in [0.25, 0.3) is 0 Å². The second-order valence-electron chi connectivity index (χ2n) is 4.91. The Morgan fingerprint density at radius 3 is 2.67 bits per heavy atom. The van der Waals surface area contributed by atoms with Crippen molar-refractivity contribution >= 4 is 11.8 Å². The van der Waals surface area contributed by atoms with Crippen LogP contribution < -0.4 is 4.74 Å². The van der Waals surface area contributed by atoms with Crippen molar-refractivity contribution < 1.29 is 13.9 Å². The number of carbonyl (C=O) groups excluding carboxylic acids is 1. The van der Waals surface area contributed by atoms with E-state index in [-0.39, 0.29) is 5.82 Å². The zero-order chi connectivity index (χ0) is 15.0. The van der Waals surface area contributed by atoms with Gasteiger partial charge in [-0.2, -0.15) is 0 Å². The third-order valence-electron chi connectivity index (χ3n) is 3.52. The Morgan fingerprint density at radius 2 is 1.95 bits per heavy atom. The first-order chi connectivity index (χ1) is 10.1. The summed E-state index contributed by atoms with van der Waals surface area (Å²) in [4.78, 5) is 11.5. The van der Waals surface area contributed by atoms with Crippen molar-refractivity contribution in [3.05, 3.63) is 59.7 Å². The molecule has 0 bridgehead atoms. The van der Waals surface area contributed by atoms with Gasteiger partial charge >= 0.3 is 0 Å². The van der Waals surface area contributed by atoms with Crippen LogP contribution in [0.4, 0.5) is 4.39 Å². The van der Waals surface area contributed by atoms with Gasteiger partial charge in [-0.1, -0.05) is 6.07 Å². The Kier molecular flexibility index (Phi) is 3.22. The van der Waals surface area contributed by atoms with Crippen LogP contribution in [0, 0.1) is 12.7 Å². The molecule has 0 unspecified atom stereocenters. The SMILES string of the molecule is COc1ccc(F)cc1-c1cc2ccc(C)cn2c1C=O. The first kappa shape index (κ1) is 13.4. The number of nitrogens with zero attached hydrogens (tertiary/aromatic N) is 1. The highest BCUT2D eigenvalue weighted by Crippen LogP contribution is 2.34. The Bertz CT molecular complexity index is 836. The molecule has 0 fully saturated rings. The number of hydrogen-bond donors (Lipinski definition) is 0. The minimum atomic E-state index is -0.367. The molecular weight excluding hydrogens is 269 g/mol. The predicted octanol–water partition coefficient (Wildman–Crippen LogP) is 3.87. The molecule has 1 aromatic carbocycles. The summed E-state index contributed by atoms with van der Waals surface area (Å²) >= 11 is 0. The number of halogens is 1. The molecule has 0 spiro atoms. The maximum absolute atomic E-state index is 13.6. The average molecular weight is 283 g/mol. The molecule has 0 atom stereocenters. The molecular formula is C17H14FNO2. The molecule has 3 rings (SSSR count). The third-order valence-corrected chi connectivity index (χ3v) is 3.52. The Labute approximate surface area is 121 Å². The monoisotopic (exact) mass is 283 g/mol. The number of fused-ring (bicyclic) bond motifs is 1. The molecule has 0 aliphatic rings. The number of rotatable bonds is 3. The molecule has 0 amide bonds. The van der Waals surface area contributed by atoms with Gasteiger partial charge in [-0.25, -0.2) is 4.39 Å². The summed E-state index contributed by atoms with van der Waals surface area (Å²) in [6, 6.07) is 10.0. The molecule has 3 aromatic rings. The highest BCUT2D eigenvalue weighted by Gasteiger charge is 2.16. The van der Waals surface area contributed by atoms with Crippen molar-refractivity contribution in [2.24, 2.45) is 0 Å². The average Bonchev–Trinajstić information content (AvgIpc) is 2.84. The van der Waals surface area contributed by atoms with Gasteiger partial charge < -0.3 is 9.14 Å². The number of carbonyl (C=O) groups is 1. The van der Waals surface area contributed by atoms with Gasteiger partial charge in [0, 0.05) is 22.8 Å². The van der Waals surface area contributed by atoms with E-state index in [0.29, 0.717) is 22.6 Å². The number of methoxy groups -OCH3 is 1. The fourth-order valence-corrected chi connectivity index (χ4v) is 2.52. The molecule has 2 aromatic heterocycles. The van der Waals surface area contributed by atoms with Crippen LogP contribution in [0.15, 0.2) is 42.6 Å². The van der Waals surface area contributed by atoms with Crippen LogP contribution in [0.3, 0.4) is 0 Å². The molecule has 0 radical (unpaired) electrons. The lowest BCUT2D eigenvalue weighted by Gasteiger charge is -2.08. The van der Waals surface area contributed by atoms with Crippen molar-refractivity contribution in [3.8, 4) is 16.9 Å². The number of hydrogen-bond acceptors (Lipinski definition) is 2. The second-order valence-corrected chi connectivity index (χ2v) is 4.91. The first-order valence-electron chi connectivity index (χ1n) is 6.55. The van der Waals surface area contributed by atoms with Crippen LogP contribution in [0.2, 0.25) is 0 Å². The molecule has 4 heteroatoms. The predicted molar refractivity (Wildman–Crippen MR) is 79.5 cm³/mol. The molecule has 0 aliphatic carbocycles. The van der Waals surface area contributed by atoms with Gasteiger partial charge in [-0.15, -0.1) is 0 Å². The molecule has 0 saturated carbocycles. The second kappa shape index (κ2) is 5.05. The highest BCUT2D eigenvalue weighted by molar-refractivity contribution is 5.91. The quantitative estimate of drug-likeness (QED) is 0.683. The number of benzene rings is 1. The summed E-state index contributed by atoms with van der Waals surface area (Å²) in [6.07, 6.45) is 2.67. The van der Waals surface area contributed by atoms with Crippen LogP contribution in [0.25, 0.3) is 16.6 Å². The number of pyridine rings is 1. The van der Waals surface area contributed by atoms with E-state index in [1.165, 1.54) is 19.2 Å². The lowest BCUT2D eigenvalue weighted by atomic mass is 10.0. The van der Waals surface area contributed by atoms with E-state index in [1.54, 1.807) is 6.07 Å². The molecule has 106 valence electrons. The van der Waals surface area contributed by atoms with E-state index in [9.17, 15) is 9.18 Å². The van der Waals surface area contributed by atoms with Crippen molar-refractivity contribution in [2.75, 3.05) is 7.11 Å². The summed E-state index contributed by atoms with van der Waals surface area (Å²) < 4.78 is 20.7. The number of aryl methyl sites for hydroxylation is 1. The molecule has 0 aliphatic heterocycles. The number of aldehydes is 1. The third kappa shape index (κ3) is 2.18. The smallest absolute Gasteiger partial charge is 0.167 e.